The molecule has 0 aliphatic carbocycles. The molecule has 0 saturated heterocycles. The molecule has 0 aromatic carbocycles. The number of carboxylic acid groups (broad SMARTS) is 3. The van der Waals surface area contributed by atoms with E-state index in [-0.39, 0.29) is 18.5 Å². The Morgan fingerprint density at radius 2 is 1.21 bits per heavy atom. The molecule has 146 valence electrons. The number of carboxylic acids is 3. The second kappa shape index (κ2) is 11.7. The van der Waals surface area contributed by atoms with E-state index in [4.69, 9.17) is 0 Å². The van der Waals surface area contributed by atoms with Gasteiger partial charge in [0.2, 0.25) is 0 Å². The first-order chi connectivity index (χ1) is 10.2. The Morgan fingerprint density at radius 3 is 1.21 bits per heavy atom. The maximum Gasteiger partial charge on any atom is 0.118 e. The maximum absolute atomic E-state index is 9.93. The van der Waals surface area contributed by atoms with Gasteiger partial charge in [0.15, 0.2) is 0 Å². The van der Waals surface area contributed by atoms with Crippen LogP contribution in [0.25, 0.3) is 0 Å². The summed E-state index contributed by atoms with van der Waals surface area (Å²) < 4.78 is 0.419. The van der Waals surface area contributed by atoms with Crippen molar-refractivity contribution in [3.8, 4) is 0 Å². The lowest BCUT2D eigenvalue weighted by Crippen LogP contribution is -2.45. The van der Waals surface area contributed by atoms with E-state index >= 15 is 0 Å². The molecular formula is C15H33NO6PS-. The van der Waals surface area contributed by atoms with Gasteiger partial charge in [-0.3, -0.25) is 0 Å². The smallest absolute Gasteiger partial charge is 0.118 e. The summed E-state index contributed by atoms with van der Waals surface area (Å²) in [6, 6.07) is 0. The Kier molecular flexibility index (Phi) is 13.6. The minimum Gasteiger partial charge on any atom is -0.549 e. The molecule has 0 radical (unpaired) electrons. The number of nitrogens with zero attached hydrogens (tertiary/aromatic N) is 1. The van der Waals surface area contributed by atoms with Crippen molar-refractivity contribution < 1.29 is 34.2 Å². The molecular weight excluding hydrogens is 353 g/mol. The van der Waals surface area contributed by atoms with Gasteiger partial charge in [0, 0.05) is 39.0 Å². The fourth-order valence-corrected chi connectivity index (χ4v) is 2.61. The first-order valence-electron chi connectivity index (χ1n) is 7.11. The average Bonchev–Trinajstić information content (AvgIpc) is 2.04. The van der Waals surface area contributed by atoms with E-state index in [1.54, 1.807) is 21.1 Å². The van der Waals surface area contributed by atoms with E-state index in [9.17, 15) is 29.7 Å². The van der Waals surface area contributed by atoms with Crippen molar-refractivity contribution in [1.29, 1.82) is 0 Å². The summed E-state index contributed by atoms with van der Waals surface area (Å²) in [4.78, 5) is 29.7. The average molecular weight is 386 g/mol. The number of hydrogen-bond acceptors (Lipinski definition) is 6. The van der Waals surface area contributed by atoms with Crippen LogP contribution in [0.5, 0.6) is 0 Å². The van der Waals surface area contributed by atoms with Crippen LogP contribution in [0.1, 0.15) is 0 Å². The summed E-state index contributed by atoms with van der Waals surface area (Å²) in [6.45, 7) is 5.99. The highest BCUT2D eigenvalue weighted by atomic mass is 32.3. The van der Waals surface area contributed by atoms with Crippen molar-refractivity contribution in [1.82, 2.24) is 0 Å². The van der Waals surface area contributed by atoms with Crippen LogP contribution in [0.2, 0.25) is 0 Å². The molecule has 0 aliphatic rings. The van der Waals surface area contributed by atoms with E-state index in [1.165, 1.54) is 0 Å². The number of carbonyl (C=O) groups is 3. The van der Waals surface area contributed by atoms with Crippen molar-refractivity contribution in [3.63, 3.8) is 0 Å². The molecule has 0 fully saturated rings. The fraction of sp³-hybridized carbons (Fsp3) is 0.800. The molecule has 0 amide bonds. The topological polar surface area (TPSA) is 120 Å². The van der Waals surface area contributed by atoms with E-state index in [0.29, 0.717) is 4.48 Å². The lowest BCUT2D eigenvalue weighted by molar-refractivity contribution is -0.864. The largest absolute Gasteiger partial charge is 0.549 e. The molecule has 0 aliphatic heterocycles. The molecule has 24 heavy (non-hydrogen) atoms. The van der Waals surface area contributed by atoms with Crippen molar-refractivity contribution in [3.05, 3.63) is 0 Å². The van der Waals surface area contributed by atoms with Gasteiger partial charge in [0.05, 0.1) is 39.2 Å². The highest BCUT2D eigenvalue weighted by Gasteiger charge is 2.16. The van der Waals surface area contributed by atoms with E-state index in [0.717, 1.165) is 0 Å². The first kappa shape index (κ1) is 28.0. The van der Waals surface area contributed by atoms with Gasteiger partial charge in [-0.05, 0) is 18.8 Å². The zero-order chi connectivity index (χ0) is 20.4. The molecule has 0 saturated carbocycles. The summed E-state index contributed by atoms with van der Waals surface area (Å²) >= 11 is 0. The second-order valence-electron chi connectivity index (χ2n) is 8.25. The third kappa shape index (κ3) is 42.9. The third-order valence-corrected chi connectivity index (χ3v) is 4.07. The van der Waals surface area contributed by atoms with Gasteiger partial charge in [-0.2, -0.15) is 0 Å². The van der Waals surface area contributed by atoms with Crippen LogP contribution in [0, 0.1) is 0 Å². The molecule has 0 N–H and O–H groups in total. The Labute approximate surface area is 148 Å². The van der Waals surface area contributed by atoms with Gasteiger partial charge in [0.25, 0.3) is 0 Å². The monoisotopic (exact) mass is 386 g/mol. The van der Waals surface area contributed by atoms with Gasteiger partial charge in [-0.25, -0.2) is 10.0 Å². The second-order valence-corrected chi connectivity index (χ2v) is 17.6. The Morgan fingerprint density at radius 1 is 0.833 bits per heavy atom. The van der Waals surface area contributed by atoms with Gasteiger partial charge in [0.1, 0.15) is 6.54 Å². The van der Waals surface area contributed by atoms with Crippen LogP contribution in [0.3, 0.4) is 0 Å². The quantitative estimate of drug-likeness (QED) is 0.368. The van der Waals surface area contributed by atoms with Crippen molar-refractivity contribution >= 4 is 35.2 Å². The summed E-state index contributed by atoms with van der Waals surface area (Å²) in [5.41, 5.74) is 0. The van der Waals surface area contributed by atoms with Gasteiger partial charge in [-0.1, -0.05) is 0 Å². The number of carbonyl (C=O) groups excluding carboxylic acids is 3. The van der Waals surface area contributed by atoms with Crippen molar-refractivity contribution in [2.24, 2.45) is 0 Å². The van der Waals surface area contributed by atoms with E-state index < -0.39 is 35.2 Å². The third-order valence-electron chi connectivity index (χ3n) is 1.76. The lowest BCUT2D eigenvalue weighted by Gasteiger charge is -2.24. The maximum atomic E-state index is 9.93. The van der Waals surface area contributed by atoms with Crippen LogP contribution in [0.4, 0.5) is 0 Å². The van der Waals surface area contributed by atoms with Crippen LogP contribution in [-0.2, 0) is 14.4 Å². The highest BCUT2D eigenvalue weighted by Crippen LogP contribution is 2.45. The summed E-state index contributed by atoms with van der Waals surface area (Å²) in [7, 11) is 3.38. The van der Waals surface area contributed by atoms with E-state index in [1.807, 2.05) is 38.8 Å². The summed E-state index contributed by atoms with van der Waals surface area (Å²) in [5.74, 6) is -2.65. The number of hydrogen-bond donors (Lipinski definition) is 0. The standard InChI is InChI=1S/C5H11NO2.C5H11O2P.C5H12O2S/c1-6(2,3)4-5(7)8;2*1-8(2,3)4-5(6)7/h2*4H2,1-3H3;4H2,1-3H3,(H,6,7)/p-1. The molecule has 0 bridgehead atoms. The zero-order valence-electron chi connectivity index (χ0n) is 16.4. The number of aliphatic carboxylic acids is 3. The Hall–Kier alpha value is -0.850. The lowest BCUT2D eigenvalue weighted by atomic mass is 10.5. The minimum absolute atomic E-state index is 0.0694. The predicted octanol–water partition coefficient (Wildman–Crippen LogP) is -2.48. The zero-order valence-corrected chi connectivity index (χ0v) is 18.1. The number of likely N-dealkylation sites (N-methyl/N-ethyl adjacent to an activating group) is 1. The summed E-state index contributed by atoms with van der Waals surface area (Å²) in [5, 5.41) is 29.7. The Balaban J connectivity index is -0.000000276. The Bertz CT molecular complexity index is 346. The molecule has 0 heterocycles. The molecule has 0 unspecified atom stereocenters. The molecule has 0 rings (SSSR count). The van der Waals surface area contributed by atoms with Gasteiger partial charge < -0.3 is 34.2 Å². The molecule has 0 atom stereocenters. The van der Waals surface area contributed by atoms with Gasteiger partial charge in [-0.15, -0.1) is 0 Å². The molecule has 0 aromatic heterocycles. The fourth-order valence-electron chi connectivity index (χ4n) is 1.13. The first-order valence-corrected chi connectivity index (χ1v) is 13.5. The molecule has 0 spiro atoms. The normalized spacial score (nSPS) is 12.0. The number of quaternary nitrogens is 1. The van der Waals surface area contributed by atoms with Crippen molar-refractivity contribution in [2.45, 2.75) is 0 Å². The molecule has 0 aromatic rings. The van der Waals surface area contributed by atoms with Crippen LogP contribution in [0.15, 0.2) is 0 Å². The number of rotatable bonds is 6. The summed E-state index contributed by atoms with van der Waals surface area (Å²) in [6.07, 6.45) is 6.08. The predicted molar refractivity (Wildman–Crippen MR) is 97.7 cm³/mol. The van der Waals surface area contributed by atoms with Crippen LogP contribution < -0.4 is 15.3 Å². The van der Waals surface area contributed by atoms with Gasteiger partial charge >= 0.3 is 0 Å². The molecule has 7 nitrogen and oxygen atoms in total. The van der Waals surface area contributed by atoms with E-state index in [2.05, 4.69) is 0 Å². The minimum atomic E-state index is -1.13. The molecule has 9 heteroatoms. The van der Waals surface area contributed by atoms with Crippen LogP contribution in [-0.4, -0.2) is 101 Å². The van der Waals surface area contributed by atoms with Crippen LogP contribution >= 0.6 is 17.3 Å². The SMILES string of the molecule is CS(C)(C)CC(=O)[O-].C[N+](C)(C)CC(=O)[O-].C[P+](C)(C)CC(=O)[O-]. The highest BCUT2D eigenvalue weighted by molar-refractivity contribution is 8.32. The van der Waals surface area contributed by atoms with Crippen molar-refractivity contribution in [2.75, 3.05) is 78.4 Å².